The SMILES string of the molecule is N[n+]1ccc2ccccc2c1C#CCO. The van der Waals surface area contributed by atoms with Gasteiger partial charge >= 0.3 is 0 Å². The van der Waals surface area contributed by atoms with Crippen molar-refractivity contribution in [1.29, 1.82) is 0 Å². The van der Waals surface area contributed by atoms with E-state index in [9.17, 15) is 0 Å². The van der Waals surface area contributed by atoms with E-state index in [4.69, 9.17) is 10.9 Å². The Kier molecular flexibility index (Phi) is 2.53. The largest absolute Gasteiger partial charge is 0.384 e. The van der Waals surface area contributed by atoms with E-state index in [0.717, 1.165) is 10.8 Å². The maximum Gasteiger partial charge on any atom is 0.293 e. The van der Waals surface area contributed by atoms with Crippen molar-refractivity contribution in [3.63, 3.8) is 0 Å². The number of nitrogen functional groups attached to an aromatic ring is 1. The van der Waals surface area contributed by atoms with Crippen LogP contribution < -0.4 is 10.5 Å². The zero-order chi connectivity index (χ0) is 10.7. The molecule has 2 rings (SSSR count). The van der Waals surface area contributed by atoms with Crippen LogP contribution in [0.15, 0.2) is 36.5 Å². The molecule has 0 saturated heterocycles. The molecule has 0 atom stereocenters. The summed E-state index contributed by atoms with van der Waals surface area (Å²) in [6.07, 6.45) is 1.75. The standard InChI is InChI=1S/C12H11N2O/c13-14-8-7-10-4-1-2-5-11(10)12(14)6-3-9-15/h1-2,4-5,7-8,15H,9,13H2/q+1. The molecule has 3 N–H and O–H groups in total. The van der Waals surface area contributed by atoms with E-state index < -0.39 is 0 Å². The fourth-order valence-corrected chi connectivity index (χ4v) is 1.49. The summed E-state index contributed by atoms with van der Waals surface area (Å²) < 4.78 is 1.46. The van der Waals surface area contributed by atoms with Gasteiger partial charge in [0.15, 0.2) is 0 Å². The van der Waals surface area contributed by atoms with Crippen molar-refractivity contribution < 1.29 is 9.78 Å². The third-order valence-corrected chi connectivity index (χ3v) is 2.17. The Balaban J connectivity index is 2.74. The lowest BCUT2D eigenvalue weighted by Crippen LogP contribution is -2.47. The highest BCUT2D eigenvalue weighted by Crippen LogP contribution is 2.13. The van der Waals surface area contributed by atoms with Crippen LogP contribution in [0.4, 0.5) is 0 Å². The summed E-state index contributed by atoms with van der Waals surface area (Å²) in [5, 5.41) is 10.7. The van der Waals surface area contributed by atoms with E-state index in [-0.39, 0.29) is 6.61 Å². The number of nitrogens with zero attached hydrogens (tertiary/aromatic N) is 1. The maximum atomic E-state index is 8.67. The quantitative estimate of drug-likeness (QED) is 0.361. The Morgan fingerprint density at radius 3 is 2.87 bits per heavy atom. The molecule has 0 aliphatic heterocycles. The molecule has 0 radical (unpaired) electrons. The summed E-state index contributed by atoms with van der Waals surface area (Å²) >= 11 is 0. The molecule has 0 saturated carbocycles. The van der Waals surface area contributed by atoms with Crippen molar-refractivity contribution in [2.24, 2.45) is 0 Å². The average molecular weight is 199 g/mol. The lowest BCUT2D eigenvalue weighted by molar-refractivity contribution is -0.640. The molecular weight excluding hydrogens is 188 g/mol. The molecule has 1 aromatic heterocycles. The molecule has 15 heavy (non-hydrogen) atoms. The summed E-state index contributed by atoms with van der Waals surface area (Å²) in [7, 11) is 0. The van der Waals surface area contributed by atoms with Crippen molar-refractivity contribution in [2.75, 3.05) is 12.4 Å². The number of aliphatic hydroxyl groups is 1. The maximum absolute atomic E-state index is 8.67. The molecule has 0 amide bonds. The van der Waals surface area contributed by atoms with Crippen LogP contribution in [0.2, 0.25) is 0 Å². The molecule has 1 aromatic carbocycles. The van der Waals surface area contributed by atoms with Crippen LogP contribution in [0.25, 0.3) is 10.8 Å². The minimum absolute atomic E-state index is 0.163. The van der Waals surface area contributed by atoms with E-state index >= 15 is 0 Å². The molecule has 0 spiro atoms. The van der Waals surface area contributed by atoms with Gasteiger partial charge < -0.3 is 5.11 Å². The van der Waals surface area contributed by atoms with Crippen LogP contribution >= 0.6 is 0 Å². The molecule has 3 nitrogen and oxygen atoms in total. The second-order valence-electron chi connectivity index (χ2n) is 3.12. The number of pyridine rings is 1. The number of fused-ring (bicyclic) bond motifs is 1. The predicted molar refractivity (Wildman–Crippen MR) is 58.3 cm³/mol. The number of hydrogen-bond donors (Lipinski definition) is 2. The molecular formula is C12H11N2O+. The topological polar surface area (TPSA) is 50.1 Å². The van der Waals surface area contributed by atoms with E-state index in [2.05, 4.69) is 11.8 Å². The highest BCUT2D eigenvalue weighted by molar-refractivity contribution is 5.85. The third kappa shape index (κ3) is 1.76. The summed E-state index contributed by atoms with van der Waals surface area (Å²) in [6, 6.07) is 9.79. The lowest BCUT2D eigenvalue weighted by atomic mass is 10.1. The molecule has 0 unspecified atom stereocenters. The van der Waals surface area contributed by atoms with Gasteiger partial charge in [0.1, 0.15) is 6.61 Å². The van der Waals surface area contributed by atoms with Gasteiger partial charge in [0.05, 0.1) is 5.39 Å². The van der Waals surface area contributed by atoms with E-state index in [0.29, 0.717) is 5.69 Å². The molecule has 0 bridgehead atoms. The third-order valence-electron chi connectivity index (χ3n) is 2.17. The average Bonchev–Trinajstić information content (AvgIpc) is 2.28. The first-order chi connectivity index (χ1) is 7.33. The Morgan fingerprint density at radius 2 is 2.07 bits per heavy atom. The van der Waals surface area contributed by atoms with Crippen LogP contribution in [-0.4, -0.2) is 11.7 Å². The summed E-state index contributed by atoms with van der Waals surface area (Å²) in [6.45, 7) is -0.163. The minimum Gasteiger partial charge on any atom is -0.384 e. The molecule has 0 aliphatic rings. The number of rotatable bonds is 0. The normalized spacial score (nSPS) is 9.67. The molecule has 1 heterocycles. The minimum atomic E-state index is -0.163. The Morgan fingerprint density at radius 1 is 1.27 bits per heavy atom. The molecule has 3 heteroatoms. The monoisotopic (exact) mass is 199 g/mol. The van der Waals surface area contributed by atoms with Crippen molar-refractivity contribution in [3.8, 4) is 11.8 Å². The molecule has 2 aromatic rings. The van der Waals surface area contributed by atoms with Crippen LogP contribution in [0, 0.1) is 11.8 Å². The van der Waals surface area contributed by atoms with Gasteiger partial charge in [-0.1, -0.05) is 28.8 Å². The number of hydrogen-bond acceptors (Lipinski definition) is 2. The Bertz CT molecular complexity index is 552. The fourth-order valence-electron chi connectivity index (χ4n) is 1.49. The summed E-state index contributed by atoms with van der Waals surface area (Å²) in [5.74, 6) is 11.2. The van der Waals surface area contributed by atoms with Gasteiger partial charge in [-0.25, -0.2) is 5.84 Å². The first kappa shape index (κ1) is 9.50. The van der Waals surface area contributed by atoms with Crippen LogP contribution in [-0.2, 0) is 0 Å². The Labute approximate surface area is 87.7 Å². The summed E-state index contributed by atoms with van der Waals surface area (Å²) in [5.41, 5.74) is 0.710. The predicted octanol–water partition coefficient (Wildman–Crippen LogP) is 0.185. The van der Waals surface area contributed by atoms with Gasteiger partial charge in [0.25, 0.3) is 5.69 Å². The lowest BCUT2D eigenvalue weighted by Gasteiger charge is -1.97. The number of aliphatic hydroxyl groups excluding tert-OH is 1. The van der Waals surface area contributed by atoms with Gasteiger partial charge in [-0.3, -0.25) is 0 Å². The van der Waals surface area contributed by atoms with Crippen molar-refractivity contribution in [2.45, 2.75) is 0 Å². The van der Waals surface area contributed by atoms with Gasteiger partial charge in [0, 0.05) is 12.0 Å². The number of benzene rings is 1. The van der Waals surface area contributed by atoms with Crippen LogP contribution in [0.3, 0.4) is 0 Å². The first-order valence-electron chi connectivity index (χ1n) is 4.61. The van der Waals surface area contributed by atoms with Crippen LogP contribution in [0.5, 0.6) is 0 Å². The molecule has 0 fully saturated rings. The fraction of sp³-hybridized carbons (Fsp3) is 0.0833. The highest BCUT2D eigenvalue weighted by atomic mass is 16.2. The zero-order valence-corrected chi connectivity index (χ0v) is 8.14. The summed E-state index contributed by atoms with van der Waals surface area (Å²) in [4.78, 5) is 0. The smallest absolute Gasteiger partial charge is 0.293 e. The first-order valence-corrected chi connectivity index (χ1v) is 4.61. The molecule has 74 valence electrons. The number of aromatic nitrogens is 1. The Hall–Kier alpha value is -2.05. The van der Waals surface area contributed by atoms with Crippen molar-refractivity contribution in [1.82, 2.24) is 0 Å². The second-order valence-corrected chi connectivity index (χ2v) is 3.12. The molecule has 0 aliphatic carbocycles. The zero-order valence-electron chi connectivity index (χ0n) is 8.14. The van der Waals surface area contributed by atoms with Gasteiger partial charge in [-0.05, 0) is 11.5 Å². The second kappa shape index (κ2) is 3.99. The number of nitrogens with two attached hydrogens (primary N) is 1. The van der Waals surface area contributed by atoms with Crippen LogP contribution in [0.1, 0.15) is 5.69 Å². The van der Waals surface area contributed by atoms with Crippen molar-refractivity contribution in [3.05, 3.63) is 42.2 Å². The van der Waals surface area contributed by atoms with E-state index in [1.807, 2.05) is 30.3 Å². The van der Waals surface area contributed by atoms with E-state index in [1.165, 1.54) is 4.68 Å². The van der Waals surface area contributed by atoms with Gasteiger partial charge in [-0.15, -0.1) is 0 Å². The van der Waals surface area contributed by atoms with E-state index in [1.54, 1.807) is 6.20 Å². The van der Waals surface area contributed by atoms with Crippen molar-refractivity contribution >= 4 is 10.8 Å². The van der Waals surface area contributed by atoms with Gasteiger partial charge in [-0.2, -0.15) is 0 Å². The highest BCUT2D eigenvalue weighted by Gasteiger charge is 2.09. The van der Waals surface area contributed by atoms with Gasteiger partial charge in [0.2, 0.25) is 6.20 Å².